The zero-order valence-electron chi connectivity index (χ0n) is 20.0. The van der Waals surface area contributed by atoms with Crippen molar-refractivity contribution in [1.29, 1.82) is 0 Å². The van der Waals surface area contributed by atoms with Gasteiger partial charge in [-0.3, -0.25) is 14.4 Å². The number of carboxylic acids is 1. The monoisotopic (exact) mass is 496 g/mol. The van der Waals surface area contributed by atoms with E-state index in [-0.39, 0.29) is 17.8 Å². The minimum atomic E-state index is -0.787. The Kier molecular flexibility index (Phi) is 6.08. The van der Waals surface area contributed by atoms with Gasteiger partial charge >= 0.3 is 11.9 Å². The molecule has 1 spiro atoms. The highest BCUT2D eigenvalue weighted by Gasteiger charge is 2.49. The summed E-state index contributed by atoms with van der Waals surface area (Å²) in [5.41, 5.74) is 4.08. The summed E-state index contributed by atoms with van der Waals surface area (Å²) in [6.07, 6.45) is 5.81. The quantitative estimate of drug-likeness (QED) is 0.595. The zero-order valence-corrected chi connectivity index (χ0v) is 20.7. The molecule has 0 saturated carbocycles. The molecule has 7 nitrogen and oxygen atoms in total. The normalized spacial score (nSPS) is 23.8. The molecule has 2 aromatic rings. The molecule has 0 radical (unpaired) electrons. The molecule has 3 aliphatic rings. The summed E-state index contributed by atoms with van der Waals surface area (Å²) in [6.45, 7) is 4.43. The van der Waals surface area contributed by atoms with Gasteiger partial charge in [0.25, 0.3) is 5.91 Å². The van der Waals surface area contributed by atoms with Crippen LogP contribution in [-0.4, -0.2) is 39.3 Å². The number of cyclic esters (lactones) is 1. The van der Waals surface area contributed by atoms with Crippen molar-refractivity contribution >= 4 is 35.0 Å². The second-order valence-electron chi connectivity index (χ2n) is 10.2. The number of halogens is 1. The van der Waals surface area contributed by atoms with Gasteiger partial charge in [0.05, 0.1) is 39.9 Å². The number of benzene rings is 1. The van der Waals surface area contributed by atoms with Gasteiger partial charge in [0.2, 0.25) is 0 Å². The lowest BCUT2D eigenvalue weighted by Gasteiger charge is -2.30. The molecule has 5 rings (SSSR count). The minimum absolute atomic E-state index is 0.0867. The number of ether oxygens (including phenoxy) is 1. The number of allylic oxidation sites excluding steroid dienone is 2. The third-order valence-electron chi connectivity index (χ3n) is 7.83. The van der Waals surface area contributed by atoms with Crippen molar-refractivity contribution in [2.24, 2.45) is 11.3 Å². The molecule has 184 valence electrons. The van der Waals surface area contributed by atoms with Crippen molar-refractivity contribution in [3.8, 4) is 0 Å². The van der Waals surface area contributed by atoms with Crippen LogP contribution in [0.25, 0.3) is 5.57 Å². The summed E-state index contributed by atoms with van der Waals surface area (Å²) >= 11 is 6.54. The van der Waals surface area contributed by atoms with E-state index in [9.17, 15) is 19.5 Å². The molecule has 0 amide bonds. The fourth-order valence-corrected chi connectivity index (χ4v) is 6.00. The number of hydrogen-bond donors (Lipinski definition) is 1. The van der Waals surface area contributed by atoms with Gasteiger partial charge in [-0.25, -0.2) is 0 Å². The van der Waals surface area contributed by atoms with E-state index in [1.165, 1.54) is 4.68 Å². The summed E-state index contributed by atoms with van der Waals surface area (Å²) in [4.78, 5) is 38.1. The van der Waals surface area contributed by atoms with Gasteiger partial charge in [0, 0.05) is 12.0 Å². The van der Waals surface area contributed by atoms with E-state index in [1.54, 1.807) is 6.07 Å². The Balaban J connectivity index is 1.63. The number of carbonyl (C=O) groups is 3. The smallest absolute Gasteiger partial charge is 0.312 e. The standard InChI is InChI=1S/C27H29ClN2O5/c1-15(2)18-4-3-5-20(28)22(18)24(31)30-21-14-27(12-13-35-26(27)34)11-10-19(21)23(29-30)16-6-8-17(9-7-16)25(32)33/h3-6,15,17H,7-14H2,1-2H3,(H,32,33). The molecule has 8 heteroatoms. The fourth-order valence-electron chi connectivity index (χ4n) is 5.74. The zero-order chi connectivity index (χ0) is 24.9. The number of carboxylic acid groups (broad SMARTS) is 1. The number of nitrogens with zero attached hydrogens (tertiary/aromatic N) is 2. The number of aliphatic carboxylic acids is 1. The summed E-state index contributed by atoms with van der Waals surface area (Å²) in [5.74, 6) is -1.60. The van der Waals surface area contributed by atoms with Crippen molar-refractivity contribution < 1.29 is 24.2 Å². The Morgan fingerprint density at radius 2 is 2.06 bits per heavy atom. The predicted octanol–water partition coefficient (Wildman–Crippen LogP) is 5.04. The van der Waals surface area contributed by atoms with Gasteiger partial charge in [0.1, 0.15) is 0 Å². The van der Waals surface area contributed by atoms with Crippen LogP contribution in [0.3, 0.4) is 0 Å². The van der Waals surface area contributed by atoms with Gasteiger partial charge in [-0.1, -0.05) is 43.7 Å². The van der Waals surface area contributed by atoms with Gasteiger partial charge in [-0.2, -0.15) is 9.78 Å². The number of rotatable bonds is 4. The molecule has 35 heavy (non-hydrogen) atoms. The van der Waals surface area contributed by atoms with Gasteiger partial charge < -0.3 is 9.84 Å². The van der Waals surface area contributed by atoms with Crippen LogP contribution in [0.2, 0.25) is 5.02 Å². The second kappa shape index (κ2) is 8.94. The summed E-state index contributed by atoms with van der Waals surface area (Å²) in [6, 6.07) is 5.46. The molecular formula is C27H29ClN2O5. The maximum Gasteiger partial charge on any atom is 0.312 e. The Labute approximate surface area is 209 Å². The van der Waals surface area contributed by atoms with Crippen molar-refractivity contribution in [2.45, 2.75) is 64.7 Å². The first-order chi connectivity index (χ1) is 16.7. The lowest BCUT2D eigenvalue weighted by Crippen LogP contribution is -2.35. The molecular weight excluding hydrogens is 468 g/mol. The SMILES string of the molecule is CC(C)c1cccc(Cl)c1C(=O)n1nc(C2=CCC(C(=O)O)CC2)c2c1CC1(CCOC1=O)CC2. The highest BCUT2D eigenvalue weighted by Crippen LogP contribution is 2.45. The van der Waals surface area contributed by atoms with Crippen LogP contribution in [0.5, 0.6) is 0 Å². The maximum atomic E-state index is 14.0. The molecule has 1 aromatic heterocycles. The molecule has 1 aliphatic heterocycles. The molecule has 1 saturated heterocycles. The highest BCUT2D eigenvalue weighted by molar-refractivity contribution is 6.34. The van der Waals surface area contributed by atoms with Crippen LogP contribution >= 0.6 is 11.6 Å². The van der Waals surface area contributed by atoms with E-state index in [4.69, 9.17) is 21.4 Å². The van der Waals surface area contributed by atoms with Gasteiger partial charge in [-0.15, -0.1) is 0 Å². The van der Waals surface area contributed by atoms with Crippen molar-refractivity contribution in [2.75, 3.05) is 6.61 Å². The number of hydrogen-bond acceptors (Lipinski definition) is 5. The fraction of sp³-hybridized carbons (Fsp3) is 0.481. The van der Waals surface area contributed by atoms with E-state index in [0.717, 1.165) is 28.1 Å². The second-order valence-corrected chi connectivity index (χ2v) is 10.6. The van der Waals surface area contributed by atoms with Crippen LogP contribution in [0.4, 0.5) is 0 Å². The lowest BCUT2D eigenvalue weighted by atomic mass is 9.71. The molecule has 1 aromatic carbocycles. The van der Waals surface area contributed by atoms with Crippen molar-refractivity contribution in [3.05, 3.63) is 57.4 Å². The van der Waals surface area contributed by atoms with Crippen LogP contribution < -0.4 is 0 Å². The molecule has 2 atom stereocenters. The number of fused-ring (bicyclic) bond motifs is 1. The van der Waals surface area contributed by atoms with Crippen LogP contribution in [0.15, 0.2) is 24.3 Å². The Morgan fingerprint density at radius 1 is 1.26 bits per heavy atom. The van der Waals surface area contributed by atoms with Crippen LogP contribution in [0, 0.1) is 11.3 Å². The molecule has 2 unspecified atom stereocenters. The van der Waals surface area contributed by atoms with Gasteiger partial charge in [-0.05, 0) is 61.6 Å². The van der Waals surface area contributed by atoms with E-state index in [2.05, 4.69) is 0 Å². The van der Waals surface area contributed by atoms with E-state index >= 15 is 0 Å². The molecule has 2 heterocycles. The van der Waals surface area contributed by atoms with Gasteiger partial charge in [0.15, 0.2) is 0 Å². The average molecular weight is 497 g/mol. The number of carbonyl (C=O) groups excluding carboxylic acids is 2. The lowest BCUT2D eigenvalue weighted by molar-refractivity contribution is -0.147. The molecule has 0 bridgehead atoms. The summed E-state index contributed by atoms with van der Waals surface area (Å²) in [5, 5.41) is 14.6. The Hall–Kier alpha value is -2.93. The first kappa shape index (κ1) is 23.8. The van der Waals surface area contributed by atoms with Crippen LogP contribution in [0.1, 0.15) is 84.7 Å². The average Bonchev–Trinajstić information content (AvgIpc) is 3.38. The molecule has 1 fully saturated rings. The summed E-state index contributed by atoms with van der Waals surface area (Å²) < 4.78 is 6.78. The minimum Gasteiger partial charge on any atom is -0.481 e. The topological polar surface area (TPSA) is 98.5 Å². The Morgan fingerprint density at radius 3 is 2.69 bits per heavy atom. The van der Waals surface area contributed by atoms with Crippen LogP contribution in [-0.2, 0) is 27.2 Å². The predicted molar refractivity (Wildman–Crippen MR) is 130 cm³/mol. The van der Waals surface area contributed by atoms with E-state index in [1.807, 2.05) is 32.1 Å². The Bertz CT molecular complexity index is 1260. The third-order valence-corrected chi connectivity index (χ3v) is 8.15. The first-order valence-electron chi connectivity index (χ1n) is 12.2. The van der Waals surface area contributed by atoms with E-state index < -0.39 is 17.3 Å². The first-order valence-corrected chi connectivity index (χ1v) is 12.6. The molecule has 2 aliphatic carbocycles. The molecule has 1 N–H and O–H groups in total. The third kappa shape index (κ3) is 3.99. The highest BCUT2D eigenvalue weighted by atomic mass is 35.5. The van der Waals surface area contributed by atoms with Crippen molar-refractivity contribution in [1.82, 2.24) is 9.78 Å². The van der Waals surface area contributed by atoms with Crippen molar-refractivity contribution in [3.63, 3.8) is 0 Å². The summed E-state index contributed by atoms with van der Waals surface area (Å²) in [7, 11) is 0. The van der Waals surface area contributed by atoms with E-state index in [0.29, 0.717) is 62.1 Å². The largest absolute Gasteiger partial charge is 0.481 e. The number of aromatic nitrogens is 2. The number of esters is 1. The maximum absolute atomic E-state index is 14.0.